The van der Waals surface area contributed by atoms with Crippen LogP contribution in [0.15, 0.2) is 43.0 Å². The first-order valence-electron chi connectivity index (χ1n) is 8.17. The molecule has 1 saturated heterocycles. The molecule has 0 bridgehead atoms. The first kappa shape index (κ1) is 16.8. The quantitative estimate of drug-likeness (QED) is 0.842. The Morgan fingerprint density at radius 3 is 3.04 bits per heavy atom. The van der Waals surface area contributed by atoms with E-state index < -0.39 is 0 Å². The monoisotopic (exact) mass is 343 g/mol. The summed E-state index contributed by atoms with van der Waals surface area (Å²) in [5.41, 5.74) is 1.32. The maximum Gasteiger partial charge on any atom is 0.414 e. The molecule has 1 aliphatic heterocycles. The topological polar surface area (TPSA) is 88.5 Å². The van der Waals surface area contributed by atoms with Crippen LogP contribution in [0.1, 0.15) is 6.92 Å². The largest absolute Gasteiger partial charge is 0.447 e. The first-order valence-corrected chi connectivity index (χ1v) is 8.17. The van der Waals surface area contributed by atoms with Crippen molar-refractivity contribution in [1.29, 1.82) is 0 Å². The van der Waals surface area contributed by atoms with Crippen LogP contribution in [0.3, 0.4) is 0 Å². The number of urea groups is 1. The predicted octanol–water partition coefficient (Wildman–Crippen LogP) is 2.30. The molecule has 2 heterocycles. The molecule has 2 N–H and O–H groups in total. The van der Waals surface area contributed by atoms with Gasteiger partial charge in [0.15, 0.2) is 0 Å². The number of benzene rings is 1. The Hall–Kier alpha value is -3.03. The number of rotatable bonds is 6. The molecule has 0 spiro atoms. The SMILES string of the molecule is C[C@@H](CNC(=O)Nc1cccc(N2CCOC2=O)c1)Cn1ccnc1. The summed E-state index contributed by atoms with van der Waals surface area (Å²) in [5.74, 6) is 0.269. The highest BCUT2D eigenvalue weighted by atomic mass is 16.6. The lowest BCUT2D eigenvalue weighted by Gasteiger charge is -2.16. The summed E-state index contributed by atoms with van der Waals surface area (Å²) in [7, 11) is 0. The molecule has 2 aromatic rings. The fourth-order valence-electron chi connectivity index (χ4n) is 2.64. The minimum absolute atomic E-state index is 0.269. The van der Waals surface area contributed by atoms with Gasteiger partial charge in [0.05, 0.1) is 12.9 Å². The van der Waals surface area contributed by atoms with Gasteiger partial charge in [0.2, 0.25) is 0 Å². The zero-order valence-electron chi connectivity index (χ0n) is 14.0. The molecule has 0 aliphatic carbocycles. The van der Waals surface area contributed by atoms with E-state index in [2.05, 4.69) is 22.5 Å². The zero-order chi connectivity index (χ0) is 17.6. The van der Waals surface area contributed by atoms with Crippen LogP contribution in [0.4, 0.5) is 21.0 Å². The van der Waals surface area contributed by atoms with Crippen molar-refractivity contribution in [3.8, 4) is 0 Å². The van der Waals surface area contributed by atoms with Crippen molar-refractivity contribution in [3.63, 3.8) is 0 Å². The summed E-state index contributed by atoms with van der Waals surface area (Å²) in [4.78, 5) is 29.2. The highest BCUT2D eigenvalue weighted by molar-refractivity contribution is 5.93. The maximum absolute atomic E-state index is 12.1. The Balaban J connectivity index is 1.50. The number of hydrogen-bond acceptors (Lipinski definition) is 4. The third-order valence-corrected chi connectivity index (χ3v) is 3.87. The summed E-state index contributed by atoms with van der Waals surface area (Å²) >= 11 is 0. The molecule has 0 saturated carbocycles. The Labute approximate surface area is 145 Å². The maximum atomic E-state index is 12.1. The number of ether oxygens (including phenoxy) is 1. The second-order valence-corrected chi connectivity index (χ2v) is 6.02. The van der Waals surface area contributed by atoms with E-state index in [-0.39, 0.29) is 18.0 Å². The molecular formula is C17H21N5O3. The second kappa shape index (κ2) is 7.69. The van der Waals surface area contributed by atoms with Gasteiger partial charge in [0.1, 0.15) is 6.61 Å². The van der Waals surface area contributed by atoms with E-state index in [0.717, 1.165) is 6.54 Å². The zero-order valence-corrected chi connectivity index (χ0v) is 14.0. The minimum atomic E-state index is -0.366. The second-order valence-electron chi connectivity index (χ2n) is 6.02. The van der Waals surface area contributed by atoms with Gasteiger partial charge in [0, 0.05) is 36.9 Å². The molecule has 8 nitrogen and oxygen atoms in total. The molecule has 3 amide bonds. The number of amides is 3. The fourth-order valence-corrected chi connectivity index (χ4v) is 2.64. The molecular weight excluding hydrogens is 322 g/mol. The number of anilines is 2. The number of cyclic esters (lactones) is 1. The molecule has 1 aromatic heterocycles. The van der Waals surface area contributed by atoms with Gasteiger partial charge in [-0.25, -0.2) is 14.6 Å². The Kier molecular flexibility index (Phi) is 5.17. The van der Waals surface area contributed by atoms with E-state index in [4.69, 9.17) is 4.74 Å². The summed E-state index contributed by atoms with van der Waals surface area (Å²) < 4.78 is 6.90. The molecule has 0 radical (unpaired) electrons. The average molecular weight is 343 g/mol. The van der Waals surface area contributed by atoms with E-state index in [1.54, 1.807) is 30.7 Å². The number of imidazole rings is 1. The number of hydrogen-bond donors (Lipinski definition) is 2. The van der Waals surface area contributed by atoms with Crippen molar-refractivity contribution in [1.82, 2.24) is 14.9 Å². The van der Waals surface area contributed by atoms with Crippen LogP contribution in [0.5, 0.6) is 0 Å². The standard InChI is InChI=1S/C17H21N5O3/c1-13(11-21-6-5-18-12-21)10-19-16(23)20-14-3-2-4-15(9-14)22-7-8-25-17(22)24/h2-6,9,12-13H,7-8,10-11H2,1H3,(H2,19,20,23)/t13-/m0/s1. The van der Waals surface area contributed by atoms with E-state index in [1.807, 2.05) is 16.8 Å². The number of carbonyl (C=O) groups is 2. The van der Waals surface area contributed by atoms with Gasteiger partial charge in [-0.1, -0.05) is 13.0 Å². The van der Waals surface area contributed by atoms with Gasteiger partial charge in [-0.15, -0.1) is 0 Å². The van der Waals surface area contributed by atoms with Crippen molar-refractivity contribution in [2.75, 3.05) is 29.9 Å². The van der Waals surface area contributed by atoms with E-state index in [9.17, 15) is 9.59 Å². The predicted molar refractivity (Wildman–Crippen MR) is 93.5 cm³/mol. The van der Waals surface area contributed by atoms with Crippen LogP contribution >= 0.6 is 0 Å². The highest BCUT2D eigenvalue weighted by Crippen LogP contribution is 2.22. The van der Waals surface area contributed by atoms with Crippen LogP contribution in [-0.4, -0.2) is 41.4 Å². The lowest BCUT2D eigenvalue weighted by atomic mass is 10.2. The van der Waals surface area contributed by atoms with Crippen molar-refractivity contribution < 1.29 is 14.3 Å². The number of nitrogens with one attached hydrogen (secondary N) is 2. The molecule has 3 rings (SSSR count). The molecule has 132 valence electrons. The minimum Gasteiger partial charge on any atom is -0.447 e. The molecule has 1 aliphatic rings. The molecule has 25 heavy (non-hydrogen) atoms. The summed E-state index contributed by atoms with van der Waals surface area (Å²) in [6.45, 7) is 4.28. The fraction of sp³-hybridized carbons (Fsp3) is 0.353. The molecule has 1 fully saturated rings. The molecule has 1 atom stereocenters. The summed E-state index contributed by atoms with van der Waals surface area (Å²) in [6, 6.07) is 6.85. The molecule has 1 aromatic carbocycles. The normalized spacial score (nSPS) is 14.9. The van der Waals surface area contributed by atoms with Crippen molar-refractivity contribution in [3.05, 3.63) is 43.0 Å². The van der Waals surface area contributed by atoms with Crippen molar-refractivity contribution in [2.24, 2.45) is 5.92 Å². The lowest BCUT2D eigenvalue weighted by Crippen LogP contribution is -2.33. The first-order chi connectivity index (χ1) is 12.1. The Bertz CT molecular complexity index is 732. The smallest absolute Gasteiger partial charge is 0.414 e. The van der Waals surface area contributed by atoms with Gasteiger partial charge in [-0.3, -0.25) is 4.90 Å². The van der Waals surface area contributed by atoms with Crippen molar-refractivity contribution in [2.45, 2.75) is 13.5 Å². The van der Waals surface area contributed by atoms with Crippen LogP contribution in [0.25, 0.3) is 0 Å². The number of carbonyl (C=O) groups excluding carboxylic acids is 2. The lowest BCUT2D eigenvalue weighted by molar-refractivity contribution is 0.181. The summed E-state index contributed by atoms with van der Waals surface area (Å²) in [5, 5.41) is 5.64. The van der Waals surface area contributed by atoms with Crippen LogP contribution in [0, 0.1) is 5.92 Å². The third-order valence-electron chi connectivity index (χ3n) is 3.87. The van der Waals surface area contributed by atoms with Crippen LogP contribution in [-0.2, 0) is 11.3 Å². The van der Waals surface area contributed by atoms with Gasteiger partial charge in [-0.05, 0) is 24.1 Å². The number of aromatic nitrogens is 2. The average Bonchev–Trinajstić information content (AvgIpc) is 3.25. The van der Waals surface area contributed by atoms with Gasteiger partial charge in [-0.2, -0.15) is 0 Å². The molecule has 8 heteroatoms. The third kappa shape index (κ3) is 4.50. The Morgan fingerprint density at radius 1 is 1.44 bits per heavy atom. The van der Waals surface area contributed by atoms with Gasteiger partial charge < -0.3 is 19.9 Å². The molecule has 0 unspecified atom stereocenters. The summed E-state index contributed by atoms with van der Waals surface area (Å²) in [6.07, 6.45) is 5.02. The van der Waals surface area contributed by atoms with Crippen molar-refractivity contribution >= 4 is 23.5 Å². The Morgan fingerprint density at radius 2 is 2.32 bits per heavy atom. The van der Waals surface area contributed by atoms with Gasteiger partial charge >= 0.3 is 12.1 Å². The van der Waals surface area contributed by atoms with E-state index >= 15 is 0 Å². The van der Waals surface area contributed by atoms with E-state index in [1.165, 1.54) is 4.90 Å². The van der Waals surface area contributed by atoms with E-state index in [0.29, 0.717) is 31.1 Å². The van der Waals surface area contributed by atoms with Gasteiger partial charge in [0.25, 0.3) is 0 Å². The highest BCUT2D eigenvalue weighted by Gasteiger charge is 2.23. The number of nitrogens with zero attached hydrogens (tertiary/aromatic N) is 3. The van der Waals surface area contributed by atoms with Crippen LogP contribution < -0.4 is 15.5 Å². The van der Waals surface area contributed by atoms with Crippen LogP contribution in [0.2, 0.25) is 0 Å².